The first kappa shape index (κ1) is 13.1. The molecular weight excluding hydrogens is 260 g/mol. The Morgan fingerprint density at radius 3 is 2.68 bits per heavy atom. The second-order valence-electron chi connectivity index (χ2n) is 3.76. The number of halogens is 1. The van der Waals surface area contributed by atoms with Crippen LogP contribution in [0.2, 0.25) is 5.02 Å². The van der Waals surface area contributed by atoms with E-state index < -0.39 is 0 Å². The number of nitriles is 1. The lowest BCUT2D eigenvalue weighted by Crippen LogP contribution is -1.89. The monoisotopic (exact) mass is 269 g/mol. The van der Waals surface area contributed by atoms with Gasteiger partial charge in [0.1, 0.15) is 12.8 Å². The molecule has 0 saturated heterocycles. The SMILES string of the molecule is N#Cc1cccc(/[C]=N\OCc2ccccc2Cl)c1. The van der Waals surface area contributed by atoms with Gasteiger partial charge in [0.05, 0.1) is 11.6 Å². The number of hydrogen-bond acceptors (Lipinski definition) is 3. The Balaban J connectivity index is 1.94. The fourth-order valence-electron chi connectivity index (χ4n) is 1.46. The summed E-state index contributed by atoms with van der Waals surface area (Å²) in [5.74, 6) is 0. The summed E-state index contributed by atoms with van der Waals surface area (Å²) in [5.41, 5.74) is 2.12. The third-order valence-corrected chi connectivity index (χ3v) is 2.78. The molecule has 0 bridgehead atoms. The van der Waals surface area contributed by atoms with Crippen molar-refractivity contribution < 1.29 is 4.84 Å². The molecule has 2 rings (SSSR count). The molecule has 0 aliphatic heterocycles. The van der Waals surface area contributed by atoms with Crippen molar-refractivity contribution in [3.63, 3.8) is 0 Å². The average Bonchev–Trinajstić information content (AvgIpc) is 2.45. The van der Waals surface area contributed by atoms with E-state index in [2.05, 4.69) is 17.4 Å². The lowest BCUT2D eigenvalue weighted by Gasteiger charge is -2.01. The van der Waals surface area contributed by atoms with Crippen LogP contribution < -0.4 is 0 Å². The minimum absolute atomic E-state index is 0.282. The van der Waals surface area contributed by atoms with Gasteiger partial charge in [-0.15, -0.1) is 0 Å². The minimum Gasteiger partial charge on any atom is -0.390 e. The molecule has 0 aromatic heterocycles. The van der Waals surface area contributed by atoms with Gasteiger partial charge in [-0.25, -0.2) is 0 Å². The zero-order valence-electron chi connectivity index (χ0n) is 10.0. The highest BCUT2D eigenvalue weighted by Crippen LogP contribution is 2.15. The van der Waals surface area contributed by atoms with Gasteiger partial charge in [0.2, 0.25) is 0 Å². The molecule has 0 heterocycles. The van der Waals surface area contributed by atoms with Gasteiger partial charge in [-0.3, -0.25) is 0 Å². The molecule has 0 aliphatic rings. The van der Waals surface area contributed by atoms with Gasteiger partial charge in [0.15, 0.2) is 0 Å². The van der Waals surface area contributed by atoms with Crippen molar-refractivity contribution in [3.8, 4) is 6.07 Å². The number of nitrogens with zero attached hydrogens (tertiary/aromatic N) is 2. The van der Waals surface area contributed by atoms with E-state index in [4.69, 9.17) is 21.7 Å². The van der Waals surface area contributed by atoms with E-state index in [1.54, 1.807) is 30.3 Å². The Morgan fingerprint density at radius 2 is 1.89 bits per heavy atom. The Hall–Kier alpha value is -2.31. The molecule has 0 amide bonds. The Labute approximate surface area is 116 Å². The third kappa shape index (κ3) is 3.84. The van der Waals surface area contributed by atoms with E-state index >= 15 is 0 Å². The fourth-order valence-corrected chi connectivity index (χ4v) is 1.65. The second kappa shape index (κ2) is 6.58. The first-order valence-electron chi connectivity index (χ1n) is 5.61. The van der Waals surface area contributed by atoms with Crippen LogP contribution in [0.3, 0.4) is 0 Å². The molecule has 0 atom stereocenters. The highest BCUT2D eigenvalue weighted by Gasteiger charge is 1.98. The summed E-state index contributed by atoms with van der Waals surface area (Å²) < 4.78 is 0. The zero-order valence-corrected chi connectivity index (χ0v) is 10.8. The van der Waals surface area contributed by atoms with Crippen LogP contribution in [-0.4, -0.2) is 6.21 Å². The molecule has 2 aromatic rings. The van der Waals surface area contributed by atoms with Gasteiger partial charge in [-0.1, -0.05) is 47.1 Å². The molecular formula is C15H10ClN2O. The van der Waals surface area contributed by atoms with Gasteiger partial charge in [-0.05, 0) is 18.2 Å². The fraction of sp³-hybridized carbons (Fsp3) is 0.0667. The van der Waals surface area contributed by atoms with Crippen molar-refractivity contribution in [2.45, 2.75) is 6.61 Å². The van der Waals surface area contributed by atoms with Crippen LogP contribution in [0.25, 0.3) is 0 Å². The molecule has 2 aromatic carbocycles. The molecule has 0 unspecified atom stereocenters. The van der Waals surface area contributed by atoms with Crippen LogP contribution >= 0.6 is 11.6 Å². The highest BCUT2D eigenvalue weighted by molar-refractivity contribution is 6.31. The first-order valence-corrected chi connectivity index (χ1v) is 5.99. The summed E-state index contributed by atoms with van der Waals surface area (Å²) in [4.78, 5) is 5.12. The number of benzene rings is 2. The number of hydrogen-bond donors (Lipinski definition) is 0. The quantitative estimate of drug-likeness (QED) is 0.628. The van der Waals surface area contributed by atoms with Gasteiger partial charge in [0, 0.05) is 16.1 Å². The van der Waals surface area contributed by atoms with Crippen LogP contribution in [-0.2, 0) is 11.4 Å². The second-order valence-corrected chi connectivity index (χ2v) is 4.17. The Kier molecular flexibility index (Phi) is 4.54. The highest BCUT2D eigenvalue weighted by atomic mass is 35.5. The van der Waals surface area contributed by atoms with Crippen molar-refractivity contribution in [2.24, 2.45) is 5.16 Å². The molecule has 1 radical (unpaired) electrons. The van der Waals surface area contributed by atoms with Crippen molar-refractivity contribution in [1.29, 1.82) is 5.26 Å². The summed E-state index contributed by atoms with van der Waals surface area (Å²) in [6.07, 6.45) is 2.72. The Bertz CT molecular complexity index is 632. The lowest BCUT2D eigenvalue weighted by molar-refractivity contribution is 0.132. The van der Waals surface area contributed by atoms with Crippen molar-refractivity contribution in [3.05, 3.63) is 70.2 Å². The maximum Gasteiger partial charge on any atom is 0.143 e. The molecule has 3 nitrogen and oxygen atoms in total. The first-order chi connectivity index (χ1) is 9.29. The van der Waals surface area contributed by atoms with Crippen molar-refractivity contribution in [2.75, 3.05) is 0 Å². The molecule has 0 spiro atoms. The number of rotatable bonds is 4. The van der Waals surface area contributed by atoms with Crippen molar-refractivity contribution >= 4 is 17.8 Å². The zero-order chi connectivity index (χ0) is 13.5. The van der Waals surface area contributed by atoms with Gasteiger partial charge >= 0.3 is 0 Å². The topological polar surface area (TPSA) is 45.4 Å². The Morgan fingerprint density at radius 1 is 1.11 bits per heavy atom. The summed E-state index contributed by atoms with van der Waals surface area (Å²) in [6.45, 7) is 0.282. The van der Waals surface area contributed by atoms with E-state index in [9.17, 15) is 0 Å². The normalized spacial score (nSPS) is 10.3. The van der Waals surface area contributed by atoms with Crippen LogP contribution in [0.1, 0.15) is 16.7 Å². The average molecular weight is 270 g/mol. The standard InChI is InChI=1S/C15H10ClN2O/c16-15-7-2-1-6-14(15)11-19-18-10-13-5-3-4-12(8-13)9-17/h1-8H,11H2. The van der Waals surface area contributed by atoms with Crippen LogP contribution in [0, 0.1) is 11.3 Å². The summed E-state index contributed by atoms with van der Waals surface area (Å²) >= 11 is 5.98. The van der Waals surface area contributed by atoms with Crippen LogP contribution in [0.4, 0.5) is 0 Å². The molecule has 0 N–H and O–H groups in total. The van der Waals surface area contributed by atoms with E-state index in [1.165, 1.54) is 0 Å². The molecule has 4 heteroatoms. The smallest absolute Gasteiger partial charge is 0.143 e. The largest absolute Gasteiger partial charge is 0.390 e. The molecule has 0 aliphatic carbocycles. The van der Waals surface area contributed by atoms with Gasteiger partial charge in [0.25, 0.3) is 0 Å². The minimum atomic E-state index is 0.282. The van der Waals surface area contributed by atoms with E-state index in [-0.39, 0.29) is 6.61 Å². The summed E-state index contributed by atoms with van der Waals surface area (Å²) in [6, 6.07) is 16.4. The lowest BCUT2D eigenvalue weighted by atomic mass is 10.1. The van der Waals surface area contributed by atoms with E-state index in [0.717, 1.165) is 5.56 Å². The predicted octanol–water partition coefficient (Wildman–Crippen LogP) is 3.64. The van der Waals surface area contributed by atoms with Crippen LogP contribution in [0.5, 0.6) is 0 Å². The summed E-state index contributed by atoms with van der Waals surface area (Å²) in [5, 5.41) is 13.1. The molecule has 0 saturated carbocycles. The van der Waals surface area contributed by atoms with Crippen molar-refractivity contribution in [1.82, 2.24) is 0 Å². The molecule has 93 valence electrons. The molecule has 0 fully saturated rings. The van der Waals surface area contributed by atoms with Gasteiger partial charge < -0.3 is 4.84 Å². The van der Waals surface area contributed by atoms with Gasteiger partial charge in [-0.2, -0.15) is 5.26 Å². The third-order valence-electron chi connectivity index (χ3n) is 2.41. The maximum atomic E-state index is 8.76. The van der Waals surface area contributed by atoms with E-state index in [1.807, 2.05) is 18.2 Å². The van der Waals surface area contributed by atoms with E-state index in [0.29, 0.717) is 16.1 Å². The maximum absolute atomic E-state index is 8.76. The molecule has 19 heavy (non-hydrogen) atoms. The summed E-state index contributed by atoms with van der Waals surface area (Å²) in [7, 11) is 0. The van der Waals surface area contributed by atoms with Crippen LogP contribution in [0.15, 0.2) is 53.7 Å². The predicted molar refractivity (Wildman–Crippen MR) is 73.9 cm³/mol.